The third kappa shape index (κ3) is 3.08. The van der Waals surface area contributed by atoms with Gasteiger partial charge in [0.25, 0.3) is 0 Å². The molecule has 1 heterocycles. The highest BCUT2D eigenvalue weighted by molar-refractivity contribution is 7.10. The van der Waals surface area contributed by atoms with Gasteiger partial charge in [-0.25, -0.2) is 0 Å². The normalized spacial score (nSPS) is 17.4. The lowest BCUT2D eigenvalue weighted by Crippen LogP contribution is -2.30. The Morgan fingerprint density at radius 1 is 1.56 bits per heavy atom. The van der Waals surface area contributed by atoms with Crippen molar-refractivity contribution in [3.8, 4) is 0 Å². The molecule has 0 unspecified atom stereocenters. The molecule has 1 aromatic heterocycles. The maximum Gasteiger partial charge on any atom is 0.223 e. The molecule has 0 saturated heterocycles. The van der Waals surface area contributed by atoms with Crippen molar-refractivity contribution < 1.29 is 4.79 Å². The Balaban J connectivity index is 1.99. The lowest BCUT2D eigenvalue weighted by molar-refractivity contribution is -0.123. The van der Waals surface area contributed by atoms with Crippen LogP contribution in [0.25, 0.3) is 0 Å². The van der Waals surface area contributed by atoms with Gasteiger partial charge in [0, 0.05) is 10.8 Å². The van der Waals surface area contributed by atoms with Gasteiger partial charge in [-0.1, -0.05) is 19.9 Å². The van der Waals surface area contributed by atoms with Crippen LogP contribution in [0.1, 0.15) is 44.0 Å². The number of carbonyl (C=O) groups is 1. The summed E-state index contributed by atoms with van der Waals surface area (Å²) in [7, 11) is 0. The lowest BCUT2D eigenvalue weighted by Gasteiger charge is -2.19. The van der Waals surface area contributed by atoms with Crippen molar-refractivity contribution in [3.05, 3.63) is 22.4 Å². The Hall–Kier alpha value is -0.830. The molecule has 0 bridgehead atoms. The molecule has 0 radical (unpaired) electrons. The van der Waals surface area contributed by atoms with E-state index in [1.54, 1.807) is 11.3 Å². The molecule has 3 heteroatoms. The average molecular weight is 237 g/mol. The van der Waals surface area contributed by atoms with Gasteiger partial charge < -0.3 is 5.32 Å². The number of hydrogen-bond donors (Lipinski definition) is 1. The minimum absolute atomic E-state index is 0.216. The summed E-state index contributed by atoms with van der Waals surface area (Å²) in [6.07, 6.45) is 3.17. The first-order valence-corrected chi connectivity index (χ1v) is 6.88. The van der Waals surface area contributed by atoms with E-state index in [-0.39, 0.29) is 11.9 Å². The summed E-state index contributed by atoms with van der Waals surface area (Å²) < 4.78 is 0. The minimum atomic E-state index is 0.216. The zero-order chi connectivity index (χ0) is 11.5. The van der Waals surface area contributed by atoms with E-state index in [9.17, 15) is 4.79 Å². The van der Waals surface area contributed by atoms with Crippen LogP contribution >= 0.6 is 11.3 Å². The molecule has 0 aromatic carbocycles. The maximum absolute atomic E-state index is 11.8. The van der Waals surface area contributed by atoms with E-state index in [2.05, 4.69) is 36.7 Å². The monoisotopic (exact) mass is 237 g/mol. The first kappa shape index (κ1) is 11.6. The summed E-state index contributed by atoms with van der Waals surface area (Å²) in [5, 5.41) is 5.26. The van der Waals surface area contributed by atoms with Crippen LogP contribution in [0.3, 0.4) is 0 Å². The molecular weight excluding hydrogens is 218 g/mol. The predicted molar refractivity (Wildman–Crippen MR) is 67.4 cm³/mol. The van der Waals surface area contributed by atoms with Crippen LogP contribution in [-0.2, 0) is 4.79 Å². The Morgan fingerprint density at radius 3 is 2.81 bits per heavy atom. The van der Waals surface area contributed by atoms with Gasteiger partial charge >= 0.3 is 0 Å². The van der Waals surface area contributed by atoms with Crippen LogP contribution in [0.15, 0.2) is 17.5 Å². The number of carbonyl (C=O) groups excluding carboxylic acids is 1. The van der Waals surface area contributed by atoms with E-state index < -0.39 is 0 Å². The Kier molecular flexibility index (Phi) is 3.64. The molecule has 1 N–H and O–H groups in total. The highest BCUT2D eigenvalue weighted by Gasteiger charge is 2.31. The molecular formula is C13H19NOS. The van der Waals surface area contributed by atoms with Crippen molar-refractivity contribution in [2.75, 3.05) is 0 Å². The summed E-state index contributed by atoms with van der Waals surface area (Å²) in [6.45, 7) is 4.40. The summed E-state index contributed by atoms with van der Waals surface area (Å²) in [4.78, 5) is 13.1. The summed E-state index contributed by atoms with van der Waals surface area (Å²) in [6, 6.07) is 4.38. The Labute approximate surface area is 101 Å². The third-order valence-electron chi connectivity index (χ3n) is 2.86. The molecule has 2 nitrogen and oxygen atoms in total. The van der Waals surface area contributed by atoms with Crippen LogP contribution in [0.2, 0.25) is 0 Å². The van der Waals surface area contributed by atoms with Crippen molar-refractivity contribution in [1.82, 2.24) is 5.32 Å². The van der Waals surface area contributed by atoms with Gasteiger partial charge in [-0.05, 0) is 36.6 Å². The van der Waals surface area contributed by atoms with Crippen LogP contribution < -0.4 is 5.32 Å². The first-order valence-electron chi connectivity index (χ1n) is 6.00. The molecule has 0 aliphatic heterocycles. The van der Waals surface area contributed by atoms with E-state index in [1.165, 1.54) is 4.88 Å². The number of rotatable bonds is 5. The fourth-order valence-electron chi connectivity index (χ4n) is 1.84. The maximum atomic E-state index is 11.8. The zero-order valence-electron chi connectivity index (χ0n) is 9.90. The van der Waals surface area contributed by atoms with Crippen LogP contribution in [0.5, 0.6) is 0 Å². The topological polar surface area (TPSA) is 29.1 Å². The van der Waals surface area contributed by atoms with E-state index in [0.717, 1.165) is 19.3 Å². The molecule has 1 saturated carbocycles. The predicted octanol–water partition coefficient (Wildman–Crippen LogP) is 3.36. The summed E-state index contributed by atoms with van der Waals surface area (Å²) in [5.41, 5.74) is 0. The van der Waals surface area contributed by atoms with E-state index in [0.29, 0.717) is 11.8 Å². The Bertz CT molecular complexity index is 341. The summed E-state index contributed by atoms with van der Waals surface area (Å²) >= 11 is 1.73. The highest BCUT2D eigenvalue weighted by Crippen LogP contribution is 2.31. The largest absolute Gasteiger partial charge is 0.348 e. The fourth-order valence-corrected chi connectivity index (χ4v) is 2.63. The quantitative estimate of drug-likeness (QED) is 0.836. The first-order chi connectivity index (χ1) is 7.66. The standard InChI is InChI=1S/C13H19NOS/c1-9(2)8-11(12-4-3-7-16-12)14-13(15)10-5-6-10/h3-4,7,9-11H,5-6,8H2,1-2H3,(H,14,15)/t11-/m1/s1. The molecule has 1 aliphatic rings. The van der Waals surface area contributed by atoms with Gasteiger partial charge in [-0.15, -0.1) is 11.3 Å². The van der Waals surface area contributed by atoms with Gasteiger partial charge in [0.15, 0.2) is 0 Å². The SMILES string of the molecule is CC(C)C[C@@H](NC(=O)C1CC1)c1cccs1. The van der Waals surface area contributed by atoms with E-state index in [4.69, 9.17) is 0 Å². The second kappa shape index (κ2) is 5.00. The van der Waals surface area contributed by atoms with Crippen molar-refractivity contribution in [3.63, 3.8) is 0 Å². The highest BCUT2D eigenvalue weighted by atomic mass is 32.1. The number of nitrogens with one attached hydrogen (secondary N) is 1. The van der Waals surface area contributed by atoms with Gasteiger partial charge in [0.05, 0.1) is 6.04 Å². The molecule has 88 valence electrons. The van der Waals surface area contributed by atoms with E-state index >= 15 is 0 Å². The molecule has 16 heavy (non-hydrogen) atoms. The lowest BCUT2D eigenvalue weighted by atomic mass is 10.0. The van der Waals surface area contributed by atoms with Crippen molar-refractivity contribution >= 4 is 17.2 Å². The fraction of sp³-hybridized carbons (Fsp3) is 0.615. The smallest absolute Gasteiger partial charge is 0.223 e. The van der Waals surface area contributed by atoms with Gasteiger partial charge in [-0.2, -0.15) is 0 Å². The zero-order valence-corrected chi connectivity index (χ0v) is 10.7. The van der Waals surface area contributed by atoms with Crippen LogP contribution in [0, 0.1) is 11.8 Å². The van der Waals surface area contributed by atoms with Crippen molar-refractivity contribution in [1.29, 1.82) is 0 Å². The van der Waals surface area contributed by atoms with Crippen molar-refractivity contribution in [2.45, 2.75) is 39.2 Å². The number of amides is 1. The molecule has 1 atom stereocenters. The molecule has 1 aromatic rings. The molecule has 1 amide bonds. The van der Waals surface area contributed by atoms with E-state index in [1.807, 2.05) is 0 Å². The molecule has 1 fully saturated rings. The Morgan fingerprint density at radius 2 is 2.31 bits per heavy atom. The third-order valence-corrected chi connectivity index (χ3v) is 3.84. The van der Waals surface area contributed by atoms with Crippen LogP contribution in [0.4, 0.5) is 0 Å². The molecule has 1 aliphatic carbocycles. The van der Waals surface area contributed by atoms with Gasteiger partial charge in [0.2, 0.25) is 5.91 Å². The number of hydrogen-bond acceptors (Lipinski definition) is 2. The van der Waals surface area contributed by atoms with Crippen molar-refractivity contribution in [2.24, 2.45) is 11.8 Å². The second-order valence-corrected chi connectivity index (χ2v) is 5.96. The van der Waals surface area contributed by atoms with Crippen LogP contribution in [-0.4, -0.2) is 5.91 Å². The van der Waals surface area contributed by atoms with Gasteiger partial charge in [-0.3, -0.25) is 4.79 Å². The molecule has 2 rings (SSSR count). The second-order valence-electron chi connectivity index (χ2n) is 4.98. The number of thiophene rings is 1. The molecule has 0 spiro atoms. The van der Waals surface area contributed by atoms with Gasteiger partial charge in [0.1, 0.15) is 0 Å². The summed E-state index contributed by atoms with van der Waals surface area (Å²) in [5.74, 6) is 1.15. The minimum Gasteiger partial charge on any atom is -0.348 e. The average Bonchev–Trinajstić information content (AvgIpc) is 2.92.